The number of benzene rings is 2. The summed E-state index contributed by atoms with van der Waals surface area (Å²) in [6.45, 7) is 6.30. The zero-order chi connectivity index (χ0) is 19.4. The van der Waals surface area contributed by atoms with E-state index in [-0.39, 0.29) is 18.1 Å². The van der Waals surface area contributed by atoms with Crippen LogP contribution in [0, 0.1) is 19.7 Å². The lowest BCUT2D eigenvalue weighted by Gasteiger charge is -2.08. The summed E-state index contributed by atoms with van der Waals surface area (Å²) in [6, 6.07) is 13.4. The third-order valence-corrected chi connectivity index (χ3v) is 4.30. The smallest absolute Gasteiger partial charge is 0.228 e. The maximum Gasteiger partial charge on any atom is 0.228 e. The second-order valence-electron chi connectivity index (χ2n) is 6.22. The fraction of sp³-hybridized carbons (Fsp3) is 0.238. The Morgan fingerprint density at radius 1 is 1.11 bits per heavy atom. The van der Waals surface area contributed by atoms with Gasteiger partial charge in [0.15, 0.2) is 0 Å². The number of ether oxygens (including phenoxy) is 1. The van der Waals surface area contributed by atoms with Crippen molar-refractivity contribution in [2.45, 2.75) is 27.2 Å². The quantitative estimate of drug-likeness (QED) is 0.710. The molecule has 6 heteroatoms. The predicted molar refractivity (Wildman–Crippen MR) is 103 cm³/mol. The van der Waals surface area contributed by atoms with Gasteiger partial charge in [0, 0.05) is 16.9 Å². The highest BCUT2D eigenvalue weighted by atomic mass is 19.1. The van der Waals surface area contributed by atoms with Gasteiger partial charge in [-0.3, -0.25) is 4.79 Å². The number of aryl methyl sites for hydroxylation is 1. The van der Waals surface area contributed by atoms with Crippen LogP contribution in [0.15, 0.2) is 48.5 Å². The Morgan fingerprint density at radius 3 is 2.41 bits per heavy atom. The number of carbonyl (C=O) groups is 1. The van der Waals surface area contributed by atoms with Crippen molar-refractivity contribution in [3.63, 3.8) is 0 Å². The number of carbonyl (C=O) groups excluding carboxylic acids is 1. The second kappa shape index (κ2) is 8.03. The molecule has 0 aliphatic heterocycles. The van der Waals surface area contributed by atoms with Crippen LogP contribution >= 0.6 is 0 Å². The summed E-state index contributed by atoms with van der Waals surface area (Å²) in [6.07, 6.45) is 0.214. The minimum atomic E-state index is -0.296. The van der Waals surface area contributed by atoms with Crippen LogP contribution < -0.4 is 10.1 Å². The average molecular weight is 367 g/mol. The van der Waals surface area contributed by atoms with Gasteiger partial charge in [-0.15, -0.1) is 0 Å². The molecule has 140 valence electrons. The van der Waals surface area contributed by atoms with Crippen molar-refractivity contribution >= 4 is 11.6 Å². The SMILES string of the molecule is CCOc1ccc(NC(=O)Cc2c(C)nn(-c3ccc(F)cc3)c2C)cc1. The molecule has 1 N–H and O–H groups in total. The van der Waals surface area contributed by atoms with Crippen molar-refractivity contribution in [1.82, 2.24) is 9.78 Å². The van der Waals surface area contributed by atoms with E-state index in [9.17, 15) is 9.18 Å². The molecule has 0 bridgehead atoms. The summed E-state index contributed by atoms with van der Waals surface area (Å²) in [5.74, 6) is 0.349. The topological polar surface area (TPSA) is 56.1 Å². The van der Waals surface area contributed by atoms with E-state index in [4.69, 9.17) is 4.74 Å². The highest BCUT2D eigenvalue weighted by Crippen LogP contribution is 2.20. The number of anilines is 1. The van der Waals surface area contributed by atoms with E-state index in [1.807, 2.05) is 45.0 Å². The van der Waals surface area contributed by atoms with Crippen LogP contribution in [0.1, 0.15) is 23.9 Å². The molecule has 0 unspecified atom stereocenters. The van der Waals surface area contributed by atoms with Crippen LogP contribution in [0.3, 0.4) is 0 Å². The molecule has 0 aliphatic rings. The molecule has 0 saturated carbocycles. The predicted octanol–water partition coefficient (Wildman–Crippen LogP) is 4.21. The first-order chi connectivity index (χ1) is 13.0. The van der Waals surface area contributed by atoms with Crippen LogP contribution in [0.2, 0.25) is 0 Å². The maximum absolute atomic E-state index is 13.1. The zero-order valence-corrected chi connectivity index (χ0v) is 15.6. The molecule has 0 atom stereocenters. The van der Waals surface area contributed by atoms with Crippen molar-refractivity contribution in [3.05, 3.63) is 71.3 Å². The third-order valence-electron chi connectivity index (χ3n) is 4.30. The van der Waals surface area contributed by atoms with E-state index in [0.717, 1.165) is 28.4 Å². The molecule has 1 aromatic heterocycles. The van der Waals surface area contributed by atoms with E-state index in [2.05, 4.69) is 10.4 Å². The van der Waals surface area contributed by atoms with Gasteiger partial charge in [0.25, 0.3) is 0 Å². The van der Waals surface area contributed by atoms with E-state index < -0.39 is 0 Å². The van der Waals surface area contributed by atoms with Gasteiger partial charge in [0.05, 0.1) is 24.4 Å². The number of hydrogen-bond acceptors (Lipinski definition) is 3. The summed E-state index contributed by atoms with van der Waals surface area (Å²) >= 11 is 0. The van der Waals surface area contributed by atoms with E-state index in [1.165, 1.54) is 12.1 Å². The maximum atomic E-state index is 13.1. The Hall–Kier alpha value is -3.15. The molecule has 0 radical (unpaired) electrons. The van der Waals surface area contributed by atoms with Crippen LogP contribution in [-0.4, -0.2) is 22.3 Å². The van der Waals surface area contributed by atoms with E-state index in [1.54, 1.807) is 16.8 Å². The van der Waals surface area contributed by atoms with Gasteiger partial charge in [-0.2, -0.15) is 5.10 Å². The molecule has 5 nitrogen and oxygen atoms in total. The minimum Gasteiger partial charge on any atom is -0.494 e. The second-order valence-corrected chi connectivity index (χ2v) is 6.22. The Bertz CT molecular complexity index is 931. The Labute approximate surface area is 157 Å². The Kier molecular flexibility index (Phi) is 5.54. The lowest BCUT2D eigenvalue weighted by atomic mass is 10.1. The fourth-order valence-corrected chi connectivity index (χ4v) is 2.93. The summed E-state index contributed by atoms with van der Waals surface area (Å²) in [4.78, 5) is 12.5. The van der Waals surface area contributed by atoms with Gasteiger partial charge in [-0.05, 0) is 69.3 Å². The number of rotatable bonds is 6. The minimum absolute atomic E-state index is 0.121. The molecule has 27 heavy (non-hydrogen) atoms. The number of nitrogens with zero attached hydrogens (tertiary/aromatic N) is 2. The molecule has 0 fully saturated rings. The largest absolute Gasteiger partial charge is 0.494 e. The average Bonchev–Trinajstić information content (AvgIpc) is 2.92. The zero-order valence-electron chi connectivity index (χ0n) is 15.6. The lowest BCUT2D eigenvalue weighted by molar-refractivity contribution is -0.115. The van der Waals surface area contributed by atoms with Crippen LogP contribution in [-0.2, 0) is 11.2 Å². The number of halogens is 1. The molecule has 1 amide bonds. The van der Waals surface area contributed by atoms with Gasteiger partial charge in [-0.1, -0.05) is 0 Å². The van der Waals surface area contributed by atoms with E-state index in [0.29, 0.717) is 12.3 Å². The Morgan fingerprint density at radius 2 is 1.78 bits per heavy atom. The number of nitrogens with one attached hydrogen (secondary N) is 1. The van der Waals surface area contributed by atoms with Crippen molar-refractivity contribution < 1.29 is 13.9 Å². The lowest BCUT2D eigenvalue weighted by Crippen LogP contribution is -2.15. The van der Waals surface area contributed by atoms with Crippen molar-refractivity contribution in [1.29, 1.82) is 0 Å². The molecular weight excluding hydrogens is 345 g/mol. The number of hydrogen-bond donors (Lipinski definition) is 1. The van der Waals surface area contributed by atoms with Crippen LogP contribution in [0.25, 0.3) is 5.69 Å². The standard InChI is InChI=1S/C21H22FN3O2/c1-4-27-19-11-7-17(8-12-19)23-21(26)13-20-14(2)24-25(15(20)3)18-9-5-16(22)6-10-18/h5-12H,4,13H2,1-3H3,(H,23,26). The van der Waals surface area contributed by atoms with Gasteiger partial charge in [0.2, 0.25) is 5.91 Å². The summed E-state index contributed by atoms with van der Waals surface area (Å²) in [7, 11) is 0. The molecule has 3 rings (SSSR count). The highest BCUT2D eigenvalue weighted by Gasteiger charge is 2.16. The van der Waals surface area contributed by atoms with E-state index >= 15 is 0 Å². The van der Waals surface area contributed by atoms with Gasteiger partial charge in [-0.25, -0.2) is 9.07 Å². The Balaban J connectivity index is 1.73. The third kappa shape index (κ3) is 4.34. The molecule has 0 spiro atoms. The first kappa shape index (κ1) is 18.6. The molecule has 3 aromatic rings. The molecule has 2 aromatic carbocycles. The van der Waals surface area contributed by atoms with Gasteiger partial charge >= 0.3 is 0 Å². The highest BCUT2D eigenvalue weighted by molar-refractivity contribution is 5.92. The van der Waals surface area contributed by atoms with Crippen LogP contribution in [0.4, 0.5) is 10.1 Å². The summed E-state index contributed by atoms with van der Waals surface area (Å²) in [5, 5.41) is 7.39. The summed E-state index contributed by atoms with van der Waals surface area (Å²) < 4.78 is 20.3. The molecule has 0 aliphatic carbocycles. The fourth-order valence-electron chi connectivity index (χ4n) is 2.93. The van der Waals surface area contributed by atoms with Crippen LogP contribution in [0.5, 0.6) is 5.75 Å². The summed E-state index contributed by atoms with van der Waals surface area (Å²) in [5.41, 5.74) is 3.97. The number of aromatic nitrogens is 2. The molecule has 1 heterocycles. The molecular formula is C21H22FN3O2. The first-order valence-electron chi connectivity index (χ1n) is 8.81. The van der Waals surface area contributed by atoms with Crippen molar-refractivity contribution in [2.24, 2.45) is 0 Å². The number of amides is 1. The normalized spacial score (nSPS) is 10.7. The van der Waals surface area contributed by atoms with Crippen molar-refractivity contribution in [3.8, 4) is 11.4 Å². The monoisotopic (exact) mass is 367 g/mol. The first-order valence-corrected chi connectivity index (χ1v) is 8.81. The molecule has 0 saturated heterocycles. The van der Waals surface area contributed by atoms with Crippen molar-refractivity contribution in [2.75, 3.05) is 11.9 Å². The van der Waals surface area contributed by atoms with Gasteiger partial charge in [0.1, 0.15) is 11.6 Å². The van der Waals surface area contributed by atoms with Gasteiger partial charge < -0.3 is 10.1 Å².